The zero-order valence-corrected chi connectivity index (χ0v) is 11.1. The first-order valence-electron chi connectivity index (χ1n) is 5.48. The van der Waals surface area contributed by atoms with Gasteiger partial charge in [0, 0.05) is 0 Å². The lowest BCUT2D eigenvalue weighted by Gasteiger charge is -2.23. The van der Waals surface area contributed by atoms with E-state index in [9.17, 15) is 9.79 Å². The van der Waals surface area contributed by atoms with Gasteiger partial charge in [0.1, 0.15) is 6.10 Å². The van der Waals surface area contributed by atoms with Crippen LogP contribution in [0.3, 0.4) is 0 Å². The number of benzene rings is 2. The monoisotopic (exact) mass is 278 g/mol. The summed E-state index contributed by atoms with van der Waals surface area (Å²) < 4.78 is 5.18. The largest absolute Gasteiger partial charge is 0.325 e. The van der Waals surface area contributed by atoms with E-state index in [1.807, 2.05) is 42.5 Å². The first-order chi connectivity index (χ1) is 8.54. The summed E-state index contributed by atoms with van der Waals surface area (Å²) in [4.78, 5) is 18.6. The Morgan fingerprint density at radius 3 is 2.56 bits per heavy atom. The van der Waals surface area contributed by atoms with Gasteiger partial charge in [-0.05, 0) is 33.7 Å². The van der Waals surface area contributed by atoms with E-state index in [0.717, 1.165) is 21.9 Å². The minimum Gasteiger partial charge on any atom is -0.325 e. The summed E-state index contributed by atoms with van der Waals surface area (Å²) in [6.45, 7) is -3.67. The molecule has 0 radical (unpaired) electrons. The minimum atomic E-state index is -3.67. The van der Waals surface area contributed by atoms with E-state index in [2.05, 4.69) is 11.8 Å². The fraction of sp³-hybridized carbons (Fsp3) is 0.0769. The Morgan fingerprint density at radius 2 is 1.83 bits per heavy atom. The third kappa shape index (κ3) is 2.14. The summed E-state index contributed by atoms with van der Waals surface area (Å²) in [6, 6.07) is 11.9. The van der Waals surface area contributed by atoms with Crippen molar-refractivity contribution in [2.24, 2.45) is 0 Å². The van der Waals surface area contributed by atoms with Crippen molar-refractivity contribution in [3.05, 3.63) is 53.6 Å². The molecule has 18 heavy (non-hydrogen) atoms. The molecule has 1 aliphatic carbocycles. The van der Waals surface area contributed by atoms with E-state index >= 15 is 0 Å². The standard InChI is InChI=1S/C13H11O3PS/c14-17(15,18)16-12-8-7-10-4-1-3-9-5-2-6-11(12)13(9)10/h1-8,12H,(H2,14,15,18). The maximum atomic E-state index is 9.30. The van der Waals surface area contributed by atoms with Crippen LogP contribution in [0.5, 0.6) is 0 Å². The molecule has 0 amide bonds. The maximum absolute atomic E-state index is 9.30. The molecule has 0 spiro atoms. The van der Waals surface area contributed by atoms with Crippen molar-refractivity contribution in [1.29, 1.82) is 0 Å². The van der Waals surface area contributed by atoms with E-state index in [1.165, 1.54) is 0 Å². The Labute approximate surface area is 110 Å². The van der Waals surface area contributed by atoms with E-state index < -0.39 is 12.8 Å². The fourth-order valence-electron chi connectivity index (χ4n) is 2.31. The highest BCUT2D eigenvalue weighted by molar-refractivity contribution is 8.06. The van der Waals surface area contributed by atoms with Gasteiger partial charge in [-0.2, -0.15) is 0 Å². The topological polar surface area (TPSA) is 49.7 Å². The first-order valence-corrected chi connectivity index (χ1v) is 8.11. The van der Waals surface area contributed by atoms with Crippen molar-refractivity contribution in [1.82, 2.24) is 0 Å². The highest BCUT2D eigenvalue weighted by Gasteiger charge is 2.22. The molecular formula is C13H11O3PS. The zero-order valence-electron chi connectivity index (χ0n) is 9.35. The van der Waals surface area contributed by atoms with Gasteiger partial charge < -0.3 is 9.79 Å². The molecule has 3 rings (SSSR count). The van der Waals surface area contributed by atoms with E-state index in [4.69, 9.17) is 4.52 Å². The van der Waals surface area contributed by atoms with Gasteiger partial charge in [0.05, 0.1) is 0 Å². The van der Waals surface area contributed by atoms with Gasteiger partial charge in [-0.15, -0.1) is 0 Å². The highest BCUT2D eigenvalue weighted by atomic mass is 32.5. The lowest BCUT2D eigenvalue weighted by molar-refractivity contribution is 0.208. The van der Waals surface area contributed by atoms with Crippen molar-refractivity contribution in [2.75, 3.05) is 0 Å². The van der Waals surface area contributed by atoms with E-state index in [-0.39, 0.29) is 0 Å². The second kappa shape index (κ2) is 4.26. The Balaban J connectivity index is 2.19. The average Bonchev–Trinajstić information content (AvgIpc) is 2.32. The molecule has 1 atom stereocenters. The van der Waals surface area contributed by atoms with Crippen LogP contribution in [0.1, 0.15) is 17.2 Å². The Bertz CT molecular complexity index is 684. The molecular weight excluding hydrogens is 267 g/mol. The van der Waals surface area contributed by atoms with E-state index in [0.29, 0.717) is 0 Å². The van der Waals surface area contributed by atoms with Crippen molar-refractivity contribution in [2.45, 2.75) is 6.10 Å². The van der Waals surface area contributed by atoms with Crippen LogP contribution in [-0.4, -0.2) is 9.79 Å². The molecule has 5 heteroatoms. The molecule has 92 valence electrons. The summed E-state index contributed by atoms with van der Waals surface area (Å²) in [6.07, 6.45) is 3.22. The van der Waals surface area contributed by atoms with Crippen LogP contribution in [0.25, 0.3) is 16.8 Å². The highest BCUT2D eigenvalue weighted by Crippen LogP contribution is 2.46. The molecule has 2 aromatic rings. The van der Waals surface area contributed by atoms with E-state index in [1.54, 1.807) is 6.08 Å². The lowest BCUT2D eigenvalue weighted by Crippen LogP contribution is -2.04. The second-order valence-corrected chi connectivity index (χ2v) is 6.79. The van der Waals surface area contributed by atoms with Crippen LogP contribution in [0.2, 0.25) is 0 Å². The second-order valence-electron chi connectivity index (χ2n) is 4.17. The van der Waals surface area contributed by atoms with Crippen molar-refractivity contribution < 1.29 is 14.3 Å². The van der Waals surface area contributed by atoms with Gasteiger partial charge in [0.2, 0.25) is 0 Å². The van der Waals surface area contributed by atoms with Crippen LogP contribution < -0.4 is 0 Å². The molecule has 0 bridgehead atoms. The van der Waals surface area contributed by atoms with Crippen LogP contribution in [0.15, 0.2) is 42.5 Å². The molecule has 0 heterocycles. The SMILES string of the molecule is OP(O)(=S)OC1C=Cc2cccc3cccc1c23. The Morgan fingerprint density at radius 1 is 1.11 bits per heavy atom. The number of rotatable bonds is 2. The average molecular weight is 278 g/mol. The van der Waals surface area contributed by atoms with Crippen LogP contribution in [0.4, 0.5) is 0 Å². The third-order valence-corrected chi connectivity index (χ3v) is 3.74. The summed E-state index contributed by atoms with van der Waals surface area (Å²) in [5.41, 5.74) is 2.02. The molecule has 0 saturated carbocycles. The summed E-state index contributed by atoms with van der Waals surface area (Å²) in [5, 5.41) is 2.18. The maximum Gasteiger partial charge on any atom is 0.322 e. The predicted molar refractivity (Wildman–Crippen MR) is 75.5 cm³/mol. The van der Waals surface area contributed by atoms with Gasteiger partial charge in [-0.25, -0.2) is 0 Å². The quantitative estimate of drug-likeness (QED) is 0.829. The van der Waals surface area contributed by atoms with Crippen LogP contribution in [0, 0.1) is 0 Å². The molecule has 1 aliphatic rings. The minimum absolute atomic E-state index is 0.496. The Hall–Kier alpha value is -1.03. The molecule has 0 saturated heterocycles. The molecule has 0 fully saturated rings. The fourth-order valence-corrected chi connectivity index (χ4v) is 3.07. The molecule has 3 nitrogen and oxygen atoms in total. The van der Waals surface area contributed by atoms with Gasteiger partial charge in [0.15, 0.2) is 0 Å². The molecule has 2 aromatic carbocycles. The van der Waals surface area contributed by atoms with Gasteiger partial charge in [-0.1, -0.05) is 48.6 Å². The van der Waals surface area contributed by atoms with Crippen LogP contribution in [-0.2, 0) is 16.3 Å². The van der Waals surface area contributed by atoms with Crippen molar-refractivity contribution in [3.8, 4) is 0 Å². The lowest BCUT2D eigenvalue weighted by atomic mass is 9.92. The van der Waals surface area contributed by atoms with Crippen LogP contribution >= 0.6 is 6.72 Å². The smallest absolute Gasteiger partial charge is 0.322 e. The normalized spacial score (nSPS) is 18.2. The predicted octanol–water partition coefficient (Wildman–Crippen LogP) is 3.13. The summed E-state index contributed by atoms with van der Waals surface area (Å²) in [7, 11) is 0. The first kappa shape index (κ1) is 12.0. The molecule has 0 aromatic heterocycles. The number of hydrogen-bond acceptors (Lipinski definition) is 2. The van der Waals surface area contributed by atoms with Crippen molar-refractivity contribution >= 4 is 35.4 Å². The molecule has 2 N–H and O–H groups in total. The molecule has 1 unspecified atom stereocenters. The number of hydrogen-bond donors (Lipinski definition) is 2. The summed E-state index contributed by atoms with van der Waals surface area (Å²) >= 11 is 4.54. The summed E-state index contributed by atoms with van der Waals surface area (Å²) in [5.74, 6) is 0. The van der Waals surface area contributed by atoms with Gasteiger partial charge >= 0.3 is 6.72 Å². The van der Waals surface area contributed by atoms with Crippen molar-refractivity contribution in [3.63, 3.8) is 0 Å². The van der Waals surface area contributed by atoms with Gasteiger partial charge in [-0.3, -0.25) is 4.52 Å². The third-order valence-electron chi connectivity index (χ3n) is 2.98. The van der Waals surface area contributed by atoms with Gasteiger partial charge in [0.25, 0.3) is 0 Å². The zero-order chi connectivity index (χ0) is 12.8. The Kier molecular flexibility index (Phi) is 2.85. The molecule has 0 aliphatic heterocycles.